The number of nitrogens with one attached hydrogen (secondary N) is 1. The highest BCUT2D eigenvalue weighted by molar-refractivity contribution is 5.92. The Kier molecular flexibility index (Phi) is 15.9. The van der Waals surface area contributed by atoms with Crippen molar-refractivity contribution < 1.29 is 57.8 Å². The van der Waals surface area contributed by atoms with E-state index in [1.165, 1.54) is 30.3 Å². The average molecular weight is 721 g/mol. The van der Waals surface area contributed by atoms with Crippen molar-refractivity contribution in [3.05, 3.63) is 53.9 Å². The largest absolute Gasteiger partial charge is 0.462 e. The van der Waals surface area contributed by atoms with Gasteiger partial charge in [0.05, 0.1) is 36.9 Å². The maximum atomic E-state index is 13.3. The van der Waals surface area contributed by atoms with Crippen LogP contribution in [0.1, 0.15) is 53.9 Å². The number of aliphatic hydroxyl groups excluding tert-OH is 3. The van der Waals surface area contributed by atoms with Crippen molar-refractivity contribution in [2.45, 2.75) is 103 Å². The fourth-order valence-corrected chi connectivity index (χ4v) is 6.46. The second kappa shape index (κ2) is 19.3. The van der Waals surface area contributed by atoms with Crippen molar-refractivity contribution in [3.8, 4) is 0 Å². The van der Waals surface area contributed by atoms with E-state index in [0.717, 1.165) is 0 Å². The molecular formula is C37H53FN2O11. The molecule has 14 heteroatoms. The molecule has 3 rings (SSSR count). The first-order valence-electron chi connectivity index (χ1n) is 17.3. The van der Waals surface area contributed by atoms with Crippen LogP contribution in [-0.2, 0) is 33.3 Å². The van der Waals surface area contributed by atoms with E-state index in [9.17, 15) is 38.9 Å². The number of carbonyl (C=O) groups excluding carboxylic acids is 4. The molecule has 1 saturated heterocycles. The summed E-state index contributed by atoms with van der Waals surface area (Å²) in [6.07, 6.45) is -3.39. The van der Waals surface area contributed by atoms with E-state index >= 15 is 0 Å². The Morgan fingerprint density at radius 3 is 2.35 bits per heavy atom. The number of ether oxygens (including phenoxy) is 4. The Hall–Kier alpha value is -3.53. The molecule has 0 aliphatic carbocycles. The summed E-state index contributed by atoms with van der Waals surface area (Å²) < 4.78 is 36.6. The normalized spacial score (nSPS) is 36.0. The lowest BCUT2D eigenvalue weighted by atomic mass is 9.81. The van der Waals surface area contributed by atoms with Crippen LogP contribution in [-0.4, -0.2) is 114 Å². The molecule has 0 radical (unpaired) electrons. The molecule has 0 aromatic heterocycles. The first kappa shape index (κ1) is 41.9. The minimum Gasteiger partial charge on any atom is -0.462 e. The molecule has 2 aliphatic rings. The highest BCUT2D eigenvalue weighted by Crippen LogP contribution is 2.32. The highest BCUT2D eigenvalue weighted by Gasteiger charge is 2.47. The number of aldehydes is 1. The number of hydrogen-bond donors (Lipinski definition) is 4. The molecule has 1 unspecified atom stereocenters. The third-order valence-corrected chi connectivity index (χ3v) is 9.55. The number of hydrogen-bond acceptors (Lipinski definition) is 12. The molecule has 1 aromatic rings. The predicted octanol–water partition coefficient (Wildman–Crippen LogP) is 3.41. The summed E-state index contributed by atoms with van der Waals surface area (Å²) in [6.45, 7) is 8.17. The standard InChI is InChI=1S/C37H53FN2O11/c1-8-30-25(19-48-37(47)39-27-12-10-26(38)11-13-27)15-20(2)9-14-28(42)21(3)16-24(18-41)35(22(4)29(43)17-31(44)50-30)51-36-34(46)32(40(6)7)33(45)23(5)49-36/h9-15,18,21-25,29-30,32-36,43,45-46H,8,16-17,19H2,1-7H3,(H,39,47)/b14-9+,20-15+/t21-,22+,23-,24?,25-,29-,30-,32+,33-,34-,35-,36+/m1/s1. The Morgan fingerprint density at radius 2 is 1.75 bits per heavy atom. The van der Waals surface area contributed by atoms with Crippen molar-refractivity contribution in [1.82, 2.24) is 4.90 Å². The van der Waals surface area contributed by atoms with Crippen LogP contribution >= 0.6 is 0 Å². The summed E-state index contributed by atoms with van der Waals surface area (Å²) in [5.74, 6) is -4.67. The number of allylic oxidation sites excluding steroid dienone is 3. The minimum absolute atomic E-state index is 0.0251. The number of likely N-dealkylation sites (N-methyl/N-ethyl adjacent to an activating group) is 1. The number of cyclic esters (lactones) is 1. The SMILES string of the molecule is CC[C@H]1OC(=O)C[C@@H](O)[C@H](C)[C@@H](O[C@@H]2O[C@H](C)[C@@H](O)[C@H](N(C)C)[C@H]2O)C(C=O)C[C@@H](C)C(=O)/C=C/C(C)=C/[C@@H]1COC(=O)Nc1ccc(F)cc1. The van der Waals surface area contributed by atoms with Gasteiger partial charge in [0.15, 0.2) is 12.1 Å². The first-order chi connectivity index (χ1) is 24.1. The van der Waals surface area contributed by atoms with Crippen molar-refractivity contribution in [3.63, 3.8) is 0 Å². The molecule has 13 nitrogen and oxygen atoms in total. The monoisotopic (exact) mass is 720 g/mol. The van der Waals surface area contributed by atoms with Crippen molar-refractivity contribution >= 4 is 29.8 Å². The number of ketones is 1. The van der Waals surface area contributed by atoms with Crippen molar-refractivity contribution in [2.75, 3.05) is 26.0 Å². The summed E-state index contributed by atoms with van der Waals surface area (Å²) in [5.41, 5.74) is 0.929. The van der Waals surface area contributed by atoms with Gasteiger partial charge in [-0.25, -0.2) is 9.18 Å². The Balaban J connectivity index is 1.90. The van der Waals surface area contributed by atoms with Crippen molar-refractivity contribution in [2.24, 2.45) is 23.7 Å². The number of amides is 1. The van der Waals surface area contributed by atoms with Gasteiger partial charge < -0.3 is 44.0 Å². The average Bonchev–Trinajstić information content (AvgIpc) is 3.08. The smallest absolute Gasteiger partial charge is 0.411 e. The van der Waals surface area contributed by atoms with Crippen LogP contribution in [0.5, 0.6) is 0 Å². The van der Waals surface area contributed by atoms with Gasteiger partial charge in [-0.2, -0.15) is 0 Å². The van der Waals surface area contributed by atoms with Gasteiger partial charge in [0.25, 0.3) is 0 Å². The Morgan fingerprint density at radius 1 is 1.08 bits per heavy atom. The van der Waals surface area contributed by atoms with Gasteiger partial charge in [-0.15, -0.1) is 0 Å². The molecule has 0 saturated carbocycles. The molecular weight excluding hydrogens is 667 g/mol. The van der Waals surface area contributed by atoms with E-state index in [0.29, 0.717) is 24.0 Å². The molecule has 0 bridgehead atoms. The maximum Gasteiger partial charge on any atom is 0.411 e. The maximum absolute atomic E-state index is 13.3. The number of halogens is 1. The fraction of sp³-hybridized carbons (Fsp3) is 0.622. The van der Waals surface area contributed by atoms with E-state index in [-0.39, 0.29) is 18.8 Å². The Labute approximate surface area is 298 Å². The fourth-order valence-electron chi connectivity index (χ4n) is 6.46. The van der Waals surface area contributed by atoms with Gasteiger partial charge >= 0.3 is 12.1 Å². The van der Waals surface area contributed by atoms with Gasteiger partial charge in [0.1, 0.15) is 30.9 Å². The molecule has 1 aromatic carbocycles. The number of esters is 1. The molecule has 0 spiro atoms. The lowest BCUT2D eigenvalue weighted by Gasteiger charge is -2.46. The van der Waals surface area contributed by atoms with E-state index in [1.54, 1.807) is 65.8 Å². The zero-order chi connectivity index (χ0) is 38.0. The third kappa shape index (κ3) is 11.7. The summed E-state index contributed by atoms with van der Waals surface area (Å²) in [4.78, 5) is 53.4. The van der Waals surface area contributed by atoms with Crippen LogP contribution in [0, 0.1) is 29.5 Å². The van der Waals surface area contributed by atoms with E-state index < -0.39 is 96.9 Å². The topological polar surface area (TPSA) is 181 Å². The summed E-state index contributed by atoms with van der Waals surface area (Å²) in [7, 11) is 3.37. The minimum atomic E-state index is -1.39. The number of aliphatic hydroxyl groups is 3. The molecule has 4 N–H and O–H groups in total. The number of carbonyl (C=O) groups is 4. The van der Waals surface area contributed by atoms with Gasteiger partial charge in [-0.1, -0.05) is 38.5 Å². The second-order valence-corrected chi connectivity index (χ2v) is 13.8. The number of nitrogens with zero attached hydrogens (tertiary/aromatic N) is 1. The third-order valence-electron chi connectivity index (χ3n) is 9.55. The Bertz CT molecular complexity index is 1390. The van der Waals surface area contributed by atoms with Crippen LogP contribution < -0.4 is 5.32 Å². The lowest BCUT2D eigenvalue weighted by molar-refractivity contribution is -0.302. The number of anilines is 1. The zero-order valence-electron chi connectivity index (χ0n) is 30.3. The molecule has 2 aliphatic heterocycles. The second-order valence-electron chi connectivity index (χ2n) is 13.8. The van der Waals surface area contributed by atoms with Gasteiger partial charge in [-0.05, 0) is 71.1 Å². The van der Waals surface area contributed by atoms with Crippen LogP contribution in [0.15, 0.2) is 48.1 Å². The predicted molar refractivity (Wildman–Crippen MR) is 185 cm³/mol. The molecule has 51 heavy (non-hydrogen) atoms. The summed E-state index contributed by atoms with van der Waals surface area (Å²) in [5, 5.41) is 35.7. The summed E-state index contributed by atoms with van der Waals surface area (Å²) in [6, 6.07) is 4.36. The van der Waals surface area contributed by atoms with Crippen LogP contribution in [0.25, 0.3) is 0 Å². The number of benzene rings is 1. The molecule has 2 heterocycles. The van der Waals surface area contributed by atoms with Crippen molar-refractivity contribution in [1.29, 1.82) is 0 Å². The van der Waals surface area contributed by atoms with E-state index in [4.69, 9.17) is 18.9 Å². The van der Waals surface area contributed by atoms with Gasteiger partial charge in [-0.3, -0.25) is 14.9 Å². The molecule has 12 atom stereocenters. The molecule has 284 valence electrons. The van der Waals surface area contributed by atoms with Crippen LogP contribution in [0.4, 0.5) is 14.9 Å². The van der Waals surface area contributed by atoms with Gasteiger partial charge in [0.2, 0.25) is 0 Å². The van der Waals surface area contributed by atoms with E-state index in [2.05, 4.69) is 5.32 Å². The quantitative estimate of drug-likeness (QED) is 0.227. The lowest BCUT2D eigenvalue weighted by Crippen LogP contribution is -2.63. The molecule has 1 fully saturated rings. The van der Waals surface area contributed by atoms with Crippen LogP contribution in [0.2, 0.25) is 0 Å². The molecule has 1 amide bonds. The van der Waals surface area contributed by atoms with E-state index in [1.807, 2.05) is 0 Å². The first-order valence-corrected chi connectivity index (χ1v) is 17.3. The van der Waals surface area contributed by atoms with Crippen LogP contribution in [0.3, 0.4) is 0 Å². The number of rotatable bonds is 8. The van der Waals surface area contributed by atoms with Gasteiger partial charge in [0, 0.05) is 29.4 Å². The highest BCUT2D eigenvalue weighted by atomic mass is 19.1. The zero-order valence-corrected chi connectivity index (χ0v) is 30.3. The summed E-state index contributed by atoms with van der Waals surface area (Å²) >= 11 is 0.